The summed E-state index contributed by atoms with van der Waals surface area (Å²) >= 11 is 7.55. The zero-order valence-electron chi connectivity index (χ0n) is 25.6. The fraction of sp³-hybridized carbons (Fsp3) is 0.528. The van der Waals surface area contributed by atoms with E-state index in [-0.39, 0.29) is 5.78 Å². The second-order valence-electron chi connectivity index (χ2n) is 11.1. The number of carbonyl (C=O) groups is 1. The van der Waals surface area contributed by atoms with Crippen LogP contribution in [-0.2, 0) is 17.6 Å². The van der Waals surface area contributed by atoms with Gasteiger partial charge in [0.15, 0.2) is 5.78 Å². The summed E-state index contributed by atoms with van der Waals surface area (Å²) < 4.78 is 14.4. The molecule has 0 amide bonds. The number of aryl methyl sites for hydroxylation is 2. The highest BCUT2D eigenvalue weighted by molar-refractivity contribution is 9.11. The Balaban J connectivity index is 2.00. The van der Waals surface area contributed by atoms with Crippen LogP contribution >= 0.6 is 31.9 Å². The molecule has 1 saturated carbocycles. The van der Waals surface area contributed by atoms with Gasteiger partial charge < -0.3 is 9.47 Å². The maximum atomic E-state index is 13.9. The number of rotatable bonds is 16. The molecule has 3 nitrogen and oxygen atoms in total. The average Bonchev–Trinajstić information content (AvgIpc) is 2.95. The van der Waals surface area contributed by atoms with Crippen LogP contribution in [0.4, 0.5) is 0 Å². The van der Waals surface area contributed by atoms with Gasteiger partial charge in [0, 0.05) is 22.3 Å². The van der Waals surface area contributed by atoms with E-state index in [1.807, 2.05) is 0 Å². The zero-order valence-corrected chi connectivity index (χ0v) is 28.7. The molecular weight excluding hydrogens is 640 g/mol. The van der Waals surface area contributed by atoms with E-state index >= 15 is 0 Å². The summed E-state index contributed by atoms with van der Waals surface area (Å²) in [7, 11) is 0. The van der Waals surface area contributed by atoms with Crippen molar-refractivity contribution in [2.24, 2.45) is 0 Å². The lowest BCUT2D eigenvalue weighted by molar-refractivity contribution is -0.112. The van der Waals surface area contributed by atoms with Gasteiger partial charge in [-0.2, -0.15) is 0 Å². The van der Waals surface area contributed by atoms with Crippen molar-refractivity contribution >= 4 is 49.8 Å². The Bertz CT molecular complexity index is 1120. The molecule has 0 bridgehead atoms. The summed E-state index contributed by atoms with van der Waals surface area (Å²) in [5.41, 5.74) is 6.26. The largest absolute Gasteiger partial charge is 0.492 e. The number of unbranched alkanes of at least 4 members (excludes halogenated alkanes) is 4. The topological polar surface area (TPSA) is 35.5 Å². The van der Waals surface area contributed by atoms with E-state index in [4.69, 9.17) is 9.47 Å². The van der Waals surface area contributed by atoms with Gasteiger partial charge in [-0.3, -0.25) is 4.79 Å². The number of ketones is 1. The minimum atomic E-state index is 0.139. The molecule has 0 radical (unpaired) electrons. The van der Waals surface area contributed by atoms with Crippen LogP contribution < -0.4 is 9.47 Å². The van der Waals surface area contributed by atoms with Gasteiger partial charge in [0.2, 0.25) is 0 Å². The van der Waals surface area contributed by atoms with E-state index in [1.54, 1.807) is 0 Å². The van der Waals surface area contributed by atoms with Gasteiger partial charge >= 0.3 is 0 Å². The van der Waals surface area contributed by atoms with E-state index in [9.17, 15) is 4.79 Å². The van der Waals surface area contributed by atoms with Crippen LogP contribution in [-0.4, -0.2) is 19.0 Å². The molecule has 0 saturated heterocycles. The third-order valence-electron chi connectivity index (χ3n) is 7.53. The van der Waals surface area contributed by atoms with Gasteiger partial charge in [0.25, 0.3) is 0 Å². The van der Waals surface area contributed by atoms with Crippen molar-refractivity contribution in [3.8, 4) is 11.5 Å². The monoisotopic (exact) mass is 686 g/mol. The van der Waals surface area contributed by atoms with E-state index in [2.05, 4.69) is 96.0 Å². The maximum Gasteiger partial charge on any atom is 0.185 e. The second-order valence-corrected chi connectivity index (χ2v) is 12.8. The standard InChI is InChI=1S/C36H48Br2O3/c1-5-9-14-26-20-30(35(32(37)22-26)40-18-11-7-3)24-28-16-13-17-29(34(28)39)25-31-21-27(15-10-6-2)23-33(38)36(31)41-19-12-8-4/h20-25H,5-19H2,1-4H3/b28-24+,29-25+. The molecule has 41 heavy (non-hydrogen) atoms. The predicted octanol–water partition coefficient (Wildman–Crippen LogP) is 11.5. The number of carbonyl (C=O) groups excluding carboxylic acids is 1. The number of benzene rings is 2. The van der Waals surface area contributed by atoms with Crippen LogP contribution in [0.25, 0.3) is 12.2 Å². The number of allylic oxidation sites excluding steroid dienone is 2. The molecule has 0 aliphatic heterocycles. The molecule has 0 aromatic heterocycles. The van der Waals surface area contributed by atoms with Crippen molar-refractivity contribution in [1.82, 2.24) is 0 Å². The van der Waals surface area contributed by atoms with Crippen LogP contribution in [0.2, 0.25) is 0 Å². The SMILES string of the molecule is CCCCOc1c(Br)cc(CCCC)cc1/C=C1\CCC/C(=C\c2cc(CCCC)cc(Br)c2OCCCC)C1=O. The van der Waals surface area contributed by atoms with E-state index in [0.717, 1.165) is 126 Å². The van der Waals surface area contributed by atoms with E-state index in [0.29, 0.717) is 13.2 Å². The summed E-state index contributed by atoms with van der Waals surface area (Å²) in [5.74, 6) is 1.82. The van der Waals surface area contributed by atoms with Crippen molar-refractivity contribution in [2.45, 2.75) is 111 Å². The first-order valence-electron chi connectivity index (χ1n) is 15.8. The lowest BCUT2D eigenvalue weighted by Gasteiger charge is -2.20. The van der Waals surface area contributed by atoms with Gasteiger partial charge in [-0.05, 0) is 137 Å². The molecular formula is C36H48Br2O3. The summed E-state index contributed by atoms with van der Waals surface area (Å²) in [5, 5.41) is 0. The summed E-state index contributed by atoms with van der Waals surface area (Å²) in [6.45, 7) is 10.1. The molecule has 2 aromatic carbocycles. The number of ether oxygens (including phenoxy) is 2. The van der Waals surface area contributed by atoms with Gasteiger partial charge in [-0.15, -0.1) is 0 Å². The Hall–Kier alpha value is -1.85. The zero-order chi connectivity index (χ0) is 29.6. The van der Waals surface area contributed by atoms with Crippen LogP contribution in [0.3, 0.4) is 0 Å². The van der Waals surface area contributed by atoms with Crippen molar-refractivity contribution in [1.29, 1.82) is 0 Å². The number of halogens is 2. The van der Waals surface area contributed by atoms with E-state index in [1.165, 1.54) is 11.1 Å². The Morgan fingerprint density at radius 1 is 0.659 bits per heavy atom. The molecule has 2 aromatic rings. The second kappa shape index (κ2) is 18.0. The highest BCUT2D eigenvalue weighted by Crippen LogP contribution is 2.38. The van der Waals surface area contributed by atoms with Crippen molar-refractivity contribution < 1.29 is 14.3 Å². The predicted molar refractivity (Wildman–Crippen MR) is 181 cm³/mol. The molecule has 0 N–H and O–H groups in total. The highest BCUT2D eigenvalue weighted by Gasteiger charge is 2.23. The normalized spacial score (nSPS) is 15.6. The summed E-state index contributed by atoms with van der Waals surface area (Å²) in [6, 6.07) is 8.79. The Morgan fingerprint density at radius 2 is 1.07 bits per heavy atom. The molecule has 0 unspecified atom stereocenters. The molecule has 0 spiro atoms. The lowest BCUT2D eigenvalue weighted by Crippen LogP contribution is -2.13. The number of hydrogen-bond acceptors (Lipinski definition) is 3. The van der Waals surface area contributed by atoms with Gasteiger partial charge in [-0.25, -0.2) is 0 Å². The summed E-state index contributed by atoms with van der Waals surface area (Å²) in [6.07, 6.45) is 17.5. The third kappa shape index (κ3) is 10.1. The minimum Gasteiger partial charge on any atom is -0.492 e. The first-order valence-corrected chi connectivity index (χ1v) is 17.4. The van der Waals surface area contributed by atoms with Crippen molar-refractivity contribution in [2.75, 3.05) is 13.2 Å². The molecule has 1 fully saturated rings. The fourth-order valence-electron chi connectivity index (χ4n) is 5.11. The molecule has 5 heteroatoms. The molecule has 224 valence electrons. The summed E-state index contributed by atoms with van der Waals surface area (Å²) in [4.78, 5) is 13.9. The molecule has 1 aliphatic carbocycles. The number of Topliss-reactive ketones (excluding diaryl/α,β-unsaturated/α-hetero) is 1. The Labute approximate surface area is 265 Å². The average molecular weight is 689 g/mol. The van der Waals surface area contributed by atoms with Crippen LogP contribution in [0, 0.1) is 0 Å². The van der Waals surface area contributed by atoms with Gasteiger partial charge in [0.05, 0.1) is 22.2 Å². The molecule has 0 heterocycles. The van der Waals surface area contributed by atoms with Crippen molar-refractivity contribution in [3.63, 3.8) is 0 Å². The number of hydrogen-bond donors (Lipinski definition) is 0. The smallest absolute Gasteiger partial charge is 0.185 e. The third-order valence-corrected chi connectivity index (χ3v) is 8.70. The molecule has 1 aliphatic rings. The Kier molecular flexibility index (Phi) is 14.7. The van der Waals surface area contributed by atoms with Gasteiger partial charge in [-0.1, -0.05) is 53.4 Å². The van der Waals surface area contributed by atoms with Crippen LogP contribution in [0.15, 0.2) is 44.4 Å². The Morgan fingerprint density at radius 3 is 1.46 bits per heavy atom. The maximum absolute atomic E-state index is 13.9. The fourth-order valence-corrected chi connectivity index (χ4v) is 6.38. The van der Waals surface area contributed by atoms with Crippen LogP contribution in [0.5, 0.6) is 11.5 Å². The lowest BCUT2D eigenvalue weighted by atomic mass is 9.86. The van der Waals surface area contributed by atoms with Gasteiger partial charge in [0.1, 0.15) is 11.5 Å². The minimum absolute atomic E-state index is 0.139. The van der Waals surface area contributed by atoms with Crippen LogP contribution in [0.1, 0.15) is 121 Å². The van der Waals surface area contributed by atoms with Crippen molar-refractivity contribution in [3.05, 3.63) is 66.6 Å². The highest BCUT2D eigenvalue weighted by atomic mass is 79.9. The first kappa shape index (κ1) is 33.6. The molecule has 0 atom stereocenters. The quantitative estimate of drug-likeness (QED) is 0.130. The molecule has 3 rings (SSSR count). The van der Waals surface area contributed by atoms with E-state index < -0.39 is 0 Å². The first-order chi connectivity index (χ1) is 19.9.